The minimum absolute atomic E-state index is 0.0943. The van der Waals surface area contributed by atoms with Gasteiger partial charge in [0.15, 0.2) is 0 Å². The standard InChI is InChI=1S/C21H18Cl2N2O6S/c22-16-9-17(23)11-19(10-16)32(30,31)25(12-20(27)28)18-4-3-13-7-15(2-1-14(13)8-18)21(29)24-5-6-26/h1-4,7-11,26H,5-6,12H2,(H,24,29)(H,27,28). The molecule has 3 aromatic rings. The maximum Gasteiger partial charge on any atom is 0.324 e. The Morgan fingerprint density at radius 3 is 2.19 bits per heavy atom. The van der Waals surface area contributed by atoms with Gasteiger partial charge in [0.1, 0.15) is 6.54 Å². The number of nitrogens with one attached hydrogen (secondary N) is 1. The van der Waals surface area contributed by atoms with Crippen molar-refractivity contribution in [1.29, 1.82) is 0 Å². The molecule has 0 spiro atoms. The minimum atomic E-state index is -4.30. The molecule has 32 heavy (non-hydrogen) atoms. The first kappa shape index (κ1) is 23.8. The number of carbonyl (C=O) groups is 2. The van der Waals surface area contributed by atoms with E-state index in [1.54, 1.807) is 24.3 Å². The Morgan fingerprint density at radius 1 is 0.938 bits per heavy atom. The number of hydrogen-bond donors (Lipinski definition) is 3. The van der Waals surface area contributed by atoms with Crippen molar-refractivity contribution in [1.82, 2.24) is 5.32 Å². The van der Waals surface area contributed by atoms with Gasteiger partial charge in [-0.15, -0.1) is 0 Å². The van der Waals surface area contributed by atoms with E-state index in [2.05, 4.69) is 5.32 Å². The van der Waals surface area contributed by atoms with Gasteiger partial charge >= 0.3 is 5.97 Å². The summed E-state index contributed by atoms with van der Waals surface area (Å²) in [6.45, 7) is -0.890. The zero-order chi connectivity index (χ0) is 23.5. The smallest absolute Gasteiger partial charge is 0.324 e. The van der Waals surface area contributed by atoms with Crippen molar-refractivity contribution in [3.63, 3.8) is 0 Å². The lowest BCUT2D eigenvalue weighted by Crippen LogP contribution is -2.35. The van der Waals surface area contributed by atoms with Crippen LogP contribution in [0.3, 0.4) is 0 Å². The van der Waals surface area contributed by atoms with Crippen LogP contribution in [-0.2, 0) is 14.8 Å². The number of carboxylic acids is 1. The van der Waals surface area contributed by atoms with Crippen LogP contribution in [0.1, 0.15) is 10.4 Å². The van der Waals surface area contributed by atoms with Crippen LogP contribution in [0.2, 0.25) is 10.0 Å². The van der Waals surface area contributed by atoms with Gasteiger partial charge in [-0.25, -0.2) is 8.42 Å². The number of nitrogens with zero attached hydrogens (tertiary/aromatic N) is 1. The highest BCUT2D eigenvalue weighted by Gasteiger charge is 2.28. The van der Waals surface area contributed by atoms with Crippen molar-refractivity contribution in [2.24, 2.45) is 0 Å². The van der Waals surface area contributed by atoms with E-state index in [4.69, 9.17) is 28.3 Å². The number of carboxylic acid groups (broad SMARTS) is 1. The number of hydrogen-bond acceptors (Lipinski definition) is 5. The molecule has 8 nitrogen and oxygen atoms in total. The van der Waals surface area contributed by atoms with Crippen molar-refractivity contribution in [3.05, 3.63) is 70.2 Å². The third-order valence-electron chi connectivity index (χ3n) is 4.47. The van der Waals surface area contributed by atoms with Gasteiger partial charge in [0.2, 0.25) is 0 Å². The van der Waals surface area contributed by atoms with E-state index < -0.39 is 22.5 Å². The summed E-state index contributed by atoms with van der Waals surface area (Å²) >= 11 is 11.9. The van der Waals surface area contributed by atoms with E-state index in [1.807, 2.05) is 0 Å². The molecule has 0 saturated carbocycles. The third kappa shape index (κ3) is 5.31. The van der Waals surface area contributed by atoms with Crippen LogP contribution in [0, 0.1) is 0 Å². The molecule has 0 atom stereocenters. The van der Waals surface area contributed by atoms with Crippen LogP contribution in [0.25, 0.3) is 10.8 Å². The summed E-state index contributed by atoms with van der Waals surface area (Å²) in [5, 5.41) is 22.1. The van der Waals surface area contributed by atoms with Crippen LogP contribution < -0.4 is 9.62 Å². The normalized spacial score (nSPS) is 11.3. The predicted molar refractivity (Wildman–Crippen MR) is 122 cm³/mol. The molecule has 0 bridgehead atoms. The van der Waals surface area contributed by atoms with E-state index in [0.717, 1.165) is 4.31 Å². The Morgan fingerprint density at radius 2 is 1.56 bits per heavy atom. The summed E-state index contributed by atoms with van der Waals surface area (Å²) in [6, 6.07) is 13.1. The molecule has 0 heterocycles. The van der Waals surface area contributed by atoms with Crippen molar-refractivity contribution < 1.29 is 28.2 Å². The minimum Gasteiger partial charge on any atom is -0.480 e. The molecular weight excluding hydrogens is 479 g/mol. The van der Waals surface area contributed by atoms with E-state index in [9.17, 15) is 23.1 Å². The first-order chi connectivity index (χ1) is 15.1. The molecule has 0 aliphatic carbocycles. The molecular formula is C21H18Cl2N2O6S. The third-order valence-corrected chi connectivity index (χ3v) is 6.66. The number of rotatable bonds is 8. The number of fused-ring (bicyclic) bond motifs is 1. The van der Waals surface area contributed by atoms with Gasteiger partial charge in [0, 0.05) is 22.2 Å². The van der Waals surface area contributed by atoms with E-state index in [-0.39, 0.29) is 39.7 Å². The molecule has 11 heteroatoms. The number of aliphatic carboxylic acids is 1. The second-order valence-corrected chi connectivity index (χ2v) is 9.47. The van der Waals surface area contributed by atoms with Crippen LogP contribution >= 0.6 is 23.2 Å². The molecule has 3 N–H and O–H groups in total. The lowest BCUT2D eigenvalue weighted by atomic mass is 10.1. The summed E-state index contributed by atoms with van der Waals surface area (Å²) < 4.78 is 27.2. The first-order valence-electron chi connectivity index (χ1n) is 9.25. The number of aliphatic hydroxyl groups excluding tert-OH is 1. The van der Waals surface area contributed by atoms with Crippen LogP contribution in [0.4, 0.5) is 5.69 Å². The van der Waals surface area contributed by atoms with Gasteiger partial charge in [0.05, 0.1) is 17.2 Å². The average molecular weight is 497 g/mol. The van der Waals surface area contributed by atoms with Gasteiger partial charge in [-0.1, -0.05) is 35.3 Å². The van der Waals surface area contributed by atoms with Crippen molar-refractivity contribution in [2.75, 3.05) is 24.0 Å². The molecule has 0 radical (unpaired) electrons. The Bertz CT molecular complexity index is 1280. The lowest BCUT2D eigenvalue weighted by molar-refractivity contribution is -0.135. The number of benzene rings is 3. The molecule has 0 aromatic heterocycles. The van der Waals surface area contributed by atoms with Crippen molar-refractivity contribution in [2.45, 2.75) is 4.90 Å². The quantitative estimate of drug-likeness (QED) is 0.439. The molecule has 0 fully saturated rings. The maximum absolute atomic E-state index is 13.2. The highest BCUT2D eigenvalue weighted by Crippen LogP contribution is 2.30. The van der Waals surface area contributed by atoms with Crippen molar-refractivity contribution >= 4 is 61.6 Å². The van der Waals surface area contributed by atoms with Gasteiger partial charge in [-0.2, -0.15) is 0 Å². The highest BCUT2D eigenvalue weighted by atomic mass is 35.5. The van der Waals surface area contributed by atoms with E-state index in [1.165, 1.54) is 30.3 Å². The fourth-order valence-corrected chi connectivity index (χ4v) is 5.18. The summed E-state index contributed by atoms with van der Waals surface area (Å²) in [4.78, 5) is 23.3. The fraction of sp³-hybridized carbons (Fsp3) is 0.143. The number of sulfonamides is 1. The SMILES string of the molecule is O=C(O)CN(c1ccc2cc(C(=O)NCCO)ccc2c1)S(=O)(=O)c1cc(Cl)cc(Cl)c1. The summed E-state index contributed by atoms with van der Waals surface area (Å²) in [7, 11) is -4.30. The Kier molecular flexibility index (Phi) is 7.25. The second kappa shape index (κ2) is 9.74. The summed E-state index contributed by atoms with van der Waals surface area (Å²) in [6.07, 6.45) is 0. The van der Waals surface area contributed by atoms with Gasteiger partial charge in [0.25, 0.3) is 15.9 Å². The van der Waals surface area contributed by atoms with E-state index in [0.29, 0.717) is 16.3 Å². The second-order valence-electron chi connectivity index (χ2n) is 6.74. The topological polar surface area (TPSA) is 124 Å². The number of halogens is 2. The number of amides is 1. The summed E-state index contributed by atoms with van der Waals surface area (Å²) in [5.74, 6) is -1.71. The Hall–Kier alpha value is -2.85. The number of aliphatic hydroxyl groups is 1. The predicted octanol–water partition coefficient (Wildman–Crippen LogP) is 3.15. The van der Waals surface area contributed by atoms with Crippen LogP contribution in [-0.4, -0.2) is 50.2 Å². The van der Waals surface area contributed by atoms with Crippen LogP contribution in [0.15, 0.2) is 59.5 Å². The molecule has 3 aromatic carbocycles. The van der Waals surface area contributed by atoms with Gasteiger partial charge in [-0.3, -0.25) is 13.9 Å². The number of carbonyl (C=O) groups excluding carboxylic acids is 1. The molecule has 1 amide bonds. The molecule has 3 rings (SSSR count). The largest absolute Gasteiger partial charge is 0.480 e. The maximum atomic E-state index is 13.2. The van der Waals surface area contributed by atoms with Crippen molar-refractivity contribution in [3.8, 4) is 0 Å². The van der Waals surface area contributed by atoms with Gasteiger partial charge < -0.3 is 15.5 Å². The molecule has 168 valence electrons. The highest BCUT2D eigenvalue weighted by molar-refractivity contribution is 7.92. The first-order valence-corrected chi connectivity index (χ1v) is 11.4. The monoisotopic (exact) mass is 496 g/mol. The lowest BCUT2D eigenvalue weighted by Gasteiger charge is -2.23. The number of anilines is 1. The zero-order valence-electron chi connectivity index (χ0n) is 16.5. The molecule has 0 aliphatic heterocycles. The van der Waals surface area contributed by atoms with Gasteiger partial charge in [-0.05, 0) is 53.2 Å². The molecule has 0 aliphatic rings. The molecule has 0 unspecified atom stereocenters. The van der Waals surface area contributed by atoms with E-state index >= 15 is 0 Å². The fourth-order valence-electron chi connectivity index (χ4n) is 3.04. The Labute approximate surface area is 194 Å². The molecule has 0 saturated heterocycles. The summed E-state index contributed by atoms with van der Waals surface area (Å²) in [5.41, 5.74) is 0.482. The average Bonchev–Trinajstić information content (AvgIpc) is 2.74. The van der Waals surface area contributed by atoms with Crippen LogP contribution in [0.5, 0.6) is 0 Å². The zero-order valence-corrected chi connectivity index (χ0v) is 18.8. The Balaban J connectivity index is 2.04.